The maximum Gasteiger partial charge on any atom is 0.221 e. The summed E-state index contributed by atoms with van der Waals surface area (Å²) in [7, 11) is 0. The summed E-state index contributed by atoms with van der Waals surface area (Å²) in [5.74, 6) is 0.428. The summed E-state index contributed by atoms with van der Waals surface area (Å²) in [6, 6.07) is 9.88. The lowest BCUT2D eigenvalue weighted by atomic mass is 10.1. The van der Waals surface area contributed by atoms with Crippen molar-refractivity contribution in [3.63, 3.8) is 0 Å². The SMILES string of the molecule is NC(=O)Cc1ccc(Nc2cc(OC3CCCC3)nc3c2CCC3)cc1. The van der Waals surface area contributed by atoms with Crippen LogP contribution in [0.1, 0.15) is 48.9 Å². The first-order valence-corrected chi connectivity index (χ1v) is 9.51. The van der Waals surface area contributed by atoms with Crippen LogP contribution >= 0.6 is 0 Å². The van der Waals surface area contributed by atoms with E-state index in [4.69, 9.17) is 15.5 Å². The van der Waals surface area contributed by atoms with Gasteiger partial charge in [-0.15, -0.1) is 0 Å². The molecule has 0 bridgehead atoms. The zero-order valence-electron chi connectivity index (χ0n) is 15.0. The molecule has 0 atom stereocenters. The maximum absolute atomic E-state index is 11.0. The largest absolute Gasteiger partial charge is 0.474 e. The molecule has 136 valence electrons. The van der Waals surface area contributed by atoms with Gasteiger partial charge in [0.2, 0.25) is 11.8 Å². The first kappa shape index (κ1) is 16.9. The Balaban J connectivity index is 1.54. The van der Waals surface area contributed by atoms with E-state index >= 15 is 0 Å². The van der Waals surface area contributed by atoms with Gasteiger partial charge in [-0.25, -0.2) is 4.98 Å². The molecule has 1 aromatic heterocycles. The second kappa shape index (κ2) is 7.36. The smallest absolute Gasteiger partial charge is 0.221 e. The third-order valence-corrected chi connectivity index (χ3v) is 5.23. The summed E-state index contributed by atoms with van der Waals surface area (Å²) in [6.07, 6.45) is 8.54. The van der Waals surface area contributed by atoms with Crippen LogP contribution in [0.5, 0.6) is 5.88 Å². The Bertz CT molecular complexity index is 796. The number of anilines is 2. The minimum Gasteiger partial charge on any atom is -0.474 e. The number of aryl methyl sites for hydroxylation is 1. The van der Waals surface area contributed by atoms with Crippen LogP contribution in [0, 0.1) is 0 Å². The molecule has 3 N–H and O–H groups in total. The molecule has 1 saturated carbocycles. The fraction of sp³-hybridized carbons (Fsp3) is 0.429. The molecule has 0 spiro atoms. The summed E-state index contributed by atoms with van der Waals surface area (Å²) < 4.78 is 6.14. The van der Waals surface area contributed by atoms with Crippen molar-refractivity contribution >= 4 is 17.3 Å². The topological polar surface area (TPSA) is 77.2 Å². The molecule has 0 aliphatic heterocycles. The van der Waals surface area contributed by atoms with Gasteiger partial charge in [0.1, 0.15) is 6.10 Å². The van der Waals surface area contributed by atoms with Crippen LogP contribution in [-0.2, 0) is 24.1 Å². The highest BCUT2D eigenvalue weighted by Crippen LogP contribution is 2.34. The normalized spacial score (nSPS) is 16.5. The molecular weight excluding hydrogens is 326 g/mol. The molecule has 1 aromatic carbocycles. The molecule has 2 aliphatic rings. The lowest BCUT2D eigenvalue weighted by Crippen LogP contribution is -2.13. The zero-order valence-corrected chi connectivity index (χ0v) is 15.0. The van der Waals surface area contributed by atoms with E-state index in [0.717, 1.165) is 60.6 Å². The lowest BCUT2D eigenvalue weighted by Gasteiger charge is -2.17. The number of nitrogens with one attached hydrogen (secondary N) is 1. The molecule has 0 unspecified atom stereocenters. The highest BCUT2D eigenvalue weighted by Gasteiger charge is 2.22. The molecule has 2 aliphatic carbocycles. The van der Waals surface area contributed by atoms with E-state index < -0.39 is 0 Å². The standard InChI is InChI=1S/C21H25N3O2/c22-20(25)12-14-8-10-15(11-9-14)23-19-13-21(26-16-4-1-2-5-16)24-18-7-3-6-17(18)19/h8-11,13,16H,1-7,12H2,(H2,22,25)(H,23,24). The number of aromatic nitrogens is 1. The number of benzene rings is 1. The number of rotatable bonds is 6. The highest BCUT2D eigenvalue weighted by atomic mass is 16.5. The van der Waals surface area contributed by atoms with Crippen LogP contribution in [0.4, 0.5) is 11.4 Å². The molecule has 1 fully saturated rings. The molecule has 5 nitrogen and oxygen atoms in total. The highest BCUT2D eigenvalue weighted by molar-refractivity contribution is 5.77. The molecule has 2 aromatic rings. The first-order valence-electron chi connectivity index (χ1n) is 9.51. The van der Waals surface area contributed by atoms with Crippen molar-refractivity contribution in [3.05, 3.63) is 47.2 Å². The number of amides is 1. The second-order valence-electron chi connectivity index (χ2n) is 7.28. The number of nitrogens with two attached hydrogens (primary N) is 1. The van der Waals surface area contributed by atoms with Crippen molar-refractivity contribution in [2.75, 3.05) is 5.32 Å². The second-order valence-corrected chi connectivity index (χ2v) is 7.28. The number of carbonyl (C=O) groups excluding carboxylic acids is 1. The summed E-state index contributed by atoms with van der Waals surface area (Å²) in [5, 5.41) is 3.51. The van der Waals surface area contributed by atoms with Crippen molar-refractivity contribution in [2.45, 2.75) is 57.5 Å². The van der Waals surface area contributed by atoms with Gasteiger partial charge >= 0.3 is 0 Å². The van der Waals surface area contributed by atoms with Crippen molar-refractivity contribution < 1.29 is 9.53 Å². The molecule has 5 heteroatoms. The quantitative estimate of drug-likeness (QED) is 0.832. The third kappa shape index (κ3) is 3.82. The Morgan fingerprint density at radius 3 is 2.65 bits per heavy atom. The number of hydrogen-bond acceptors (Lipinski definition) is 4. The molecule has 1 heterocycles. The van der Waals surface area contributed by atoms with Gasteiger partial charge in [0.25, 0.3) is 0 Å². The van der Waals surface area contributed by atoms with Gasteiger partial charge in [-0.3, -0.25) is 4.79 Å². The number of hydrogen-bond donors (Lipinski definition) is 2. The number of fused-ring (bicyclic) bond motifs is 1. The van der Waals surface area contributed by atoms with Crippen molar-refractivity contribution in [3.8, 4) is 5.88 Å². The van der Waals surface area contributed by atoms with Crippen LogP contribution in [0.2, 0.25) is 0 Å². The van der Waals surface area contributed by atoms with E-state index in [9.17, 15) is 4.79 Å². The van der Waals surface area contributed by atoms with Gasteiger partial charge in [-0.1, -0.05) is 12.1 Å². The van der Waals surface area contributed by atoms with E-state index in [1.54, 1.807) is 0 Å². The van der Waals surface area contributed by atoms with Gasteiger partial charge in [-0.2, -0.15) is 0 Å². The fourth-order valence-electron chi connectivity index (χ4n) is 3.93. The number of nitrogens with zero attached hydrogens (tertiary/aromatic N) is 1. The Hall–Kier alpha value is -2.56. The van der Waals surface area contributed by atoms with Gasteiger partial charge in [0, 0.05) is 23.1 Å². The third-order valence-electron chi connectivity index (χ3n) is 5.23. The summed E-state index contributed by atoms with van der Waals surface area (Å²) in [4.78, 5) is 15.8. The van der Waals surface area contributed by atoms with Crippen LogP contribution in [0.3, 0.4) is 0 Å². The van der Waals surface area contributed by atoms with Crippen LogP contribution in [0.25, 0.3) is 0 Å². The Labute approximate surface area is 154 Å². The summed E-state index contributed by atoms with van der Waals surface area (Å²) in [6.45, 7) is 0. The Morgan fingerprint density at radius 1 is 1.15 bits per heavy atom. The number of ether oxygens (including phenoxy) is 1. The monoisotopic (exact) mass is 351 g/mol. The van der Waals surface area contributed by atoms with Crippen molar-refractivity contribution in [2.24, 2.45) is 5.73 Å². The molecule has 0 saturated heterocycles. The molecule has 26 heavy (non-hydrogen) atoms. The van der Waals surface area contributed by atoms with Crippen LogP contribution in [0.15, 0.2) is 30.3 Å². The summed E-state index contributed by atoms with van der Waals surface area (Å²) >= 11 is 0. The van der Waals surface area contributed by atoms with E-state index in [2.05, 4.69) is 5.32 Å². The lowest BCUT2D eigenvalue weighted by molar-refractivity contribution is -0.117. The van der Waals surface area contributed by atoms with Crippen LogP contribution in [-0.4, -0.2) is 17.0 Å². The van der Waals surface area contributed by atoms with Crippen molar-refractivity contribution in [1.82, 2.24) is 4.98 Å². The average molecular weight is 351 g/mol. The number of primary amides is 1. The molecule has 0 radical (unpaired) electrons. The van der Waals surface area contributed by atoms with E-state index in [-0.39, 0.29) is 12.3 Å². The summed E-state index contributed by atoms with van der Waals surface area (Å²) in [5.41, 5.74) is 10.7. The van der Waals surface area contributed by atoms with E-state index in [0.29, 0.717) is 6.10 Å². The van der Waals surface area contributed by atoms with Gasteiger partial charge in [0.05, 0.1) is 6.42 Å². The number of carbonyl (C=O) groups is 1. The minimum atomic E-state index is -0.314. The van der Waals surface area contributed by atoms with E-state index in [1.807, 2.05) is 30.3 Å². The average Bonchev–Trinajstić information content (AvgIpc) is 3.28. The van der Waals surface area contributed by atoms with Gasteiger partial charge in [0.15, 0.2) is 0 Å². The fourth-order valence-corrected chi connectivity index (χ4v) is 3.93. The first-order chi connectivity index (χ1) is 12.7. The van der Waals surface area contributed by atoms with E-state index in [1.165, 1.54) is 18.4 Å². The minimum absolute atomic E-state index is 0.268. The number of pyridine rings is 1. The van der Waals surface area contributed by atoms with Crippen LogP contribution < -0.4 is 15.8 Å². The Morgan fingerprint density at radius 2 is 1.92 bits per heavy atom. The predicted octanol–water partition coefficient (Wildman–Crippen LogP) is 3.66. The molecule has 4 rings (SSSR count). The molecule has 1 amide bonds. The Kier molecular flexibility index (Phi) is 4.78. The molecular formula is C21H25N3O2. The predicted molar refractivity (Wildman–Crippen MR) is 102 cm³/mol. The maximum atomic E-state index is 11.0. The van der Waals surface area contributed by atoms with Gasteiger partial charge in [-0.05, 0) is 68.2 Å². The zero-order chi connectivity index (χ0) is 17.9. The van der Waals surface area contributed by atoms with Crippen molar-refractivity contribution in [1.29, 1.82) is 0 Å². The van der Waals surface area contributed by atoms with Gasteiger partial charge < -0.3 is 15.8 Å².